The summed E-state index contributed by atoms with van der Waals surface area (Å²) in [4.78, 5) is 24.0. The van der Waals surface area contributed by atoms with Crippen LogP contribution in [-0.2, 0) is 21.4 Å². The van der Waals surface area contributed by atoms with Crippen LogP contribution < -0.4 is 15.8 Å². The molecule has 0 saturated heterocycles. The SMILES string of the molecule is CC(C(N)=O)c1ccc(NS(C)(=O)=O)c(C(=O)NCc2ccccc2)c1. The third-order valence-electron chi connectivity index (χ3n) is 3.81. The topological polar surface area (TPSA) is 118 Å². The number of hydrogen-bond acceptors (Lipinski definition) is 4. The predicted octanol–water partition coefficient (Wildman–Crippen LogP) is 1.58. The van der Waals surface area contributed by atoms with Gasteiger partial charge in [-0.25, -0.2) is 8.42 Å². The number of sulfonamides is 1. The van der Waals surface area contributed by atoms with Gasteiger partial charge in [0.05, 0.1) is 23.4 Å². The minimum Gasteiger partial charge on any atom is -0.369 e. The third kappa shape index (κ3) is 5.32. The average molecular weight is 375 g/mol. The quantitative estimate of drug-likeness (QED) is 0.681. The van der Waals surface area contributed by atoms with Crippen LogP contribution >= 0.6 is 0 Å². The Kier molecular flexibility index (Phi) is 5.99. The van der Waals surface area contributed by atoms with Crippen molar-refractivity contribution in [1.82, 2.24) is 5.32 Å². The number of rotatable bonds is 7. The van der Waals surface area contributed by atoms with Crippen LogP contribution in [0.25, 0.3) is 0 Å². The lowest BCUT2D eigenvalue weighted by atomic mass is 9.97. The second kappa shape index (κ2) is 8.01. The first-order valence-electron chi connectivity index (χ1n) is 7.90. The molecule has 2 rings (SSSR count). The van der Waals surface area contributed by atoms with E-state index in [4.69, 9.17) is 5.73 Å². The lowest BCUT2D eigenvalue weighted by Crippen LogP contribution is -2.25. The van der Waals surface area contributed by atoms with Gasteiger partial charge in [-0.2, -0.15) is 0 Å². The van der Waals surface area contributed by atoms with Gasteiger partial charge in [0.1, 0.15) is 0 Å². The largest absolute Gasteiger partial charge is 0.369 e. The van der Waals surface area contributed by atoms with Crippen LogP contribution in [0, 0.1) is 0 Å². The van der Waals surface area contributed by atoms with E-state index in [1.165, 1.54) is 12.1 Å². The number of carbonyl (C=O) groups excluding carboxylic acids is 2. The minimum absolute atomic E-state index is 0.122. The molecule has 1 unspecified atom stereocenters. The first-order valence-corrected chi connectivity index (χ1v) is 9.79. The summed E-state index contributed by atoms with van der Waals surface area (Å²) >= 11 is 0. The summed E-state index contributed by atoms with van der Waals surface area (Å²) in [6.45, 7) is 1.90. The molecule has 0 aromatic heterocycles. The Morgan fingerprint density at radius 1 is 1.12 bits per heavy atom. The van der Waals surface area contributed by atoms with Gasteiger partial charge in [-0.15, -0.1) is 0 Å². The van der Waals surface area contributed by atoms with Crippen LogP contribution in [0.2, 0.25) is 0 Å². The summed E-state index contributed by atoms with van der Waals surface area (Å²) in [5, 5.41) is 2.75. The number of benzene rings is 2. The highest BCUT2D eigenvalue weighted by atomic mass is 32.2. The van der Waals surface area contributed by atoms with E-state index in [-0.39, 0.29) is 17.8 Å². The Morgan fingerprint density at radius 3 is 2.35 bits per heavy atom. The zero-order valence-electron chi connectivity index (χ0n) is 14.5. The summed E-state index contributed by atoms with van der Waals surface area (Å²) in [6, 6.07) is 13.8. The monoisotopic (exact) mass is 375 g/mol. The maximum atomic E-state index is 12.6. The van der Waals surface area contributed by atoms with Gasteiger partial charge >= 0.3 is 0 Å². The molecule has 0 spiro atoms. The normalized spacial score (nSPS) is 12.2. The highest BCUT2D eigenvalue weighted by molar-refractivity contribution is 7.92. The van der Waals surface area contributed by atoms with Crippen LogP contribution in [0.3, 0.4) is 0 Å². The number of hydrogen-bond donors (Lipinski definition) is 3. The number of amides is 2. The van der Waals surface area contributed by atoms with Crippen LogP contribution in [-0.4, -0.2) is 26.5 Å². The Morgan fingerprint density at radius 2 is 1.77 bits per heavy atom. The molecule has 7 nitrogen and oxygen atoms in total. The predicted molar refractivity (Wildman–Crippen MR) is 100 cm³/mol. The van der Waals surface area contributed by atoms with Gasteiger partial charge in [-0.1, -0.05) is 36.4 Å². The van der Waals surface area contributed by atoms with Crippen molar-refractivity contribution < 1.29 is 18.0 Å². The van der Waals surface area contributed by atoms with Crippen molar-refractivity contribution in [3.63, 3.8) is 0 Å². The molecule has 1 atom stereocenters. The molecule has 8 heteroatoms. The molecule has 0 fully saturated rings. The Balaban J connectivity index is 2.32. The average Bonchev–Trinajstić information content (AvgIpc) is 2.59. The maximum absolute atomic E-state index is 12.6. The fourth-order valence-corrected chi connectivity index (χ4v) is 2.92. The Hall–Kier alpha value is -2.87. The van der Waals surface area contributed by atoms with Gasteiger partial charge in [0.2, 0.25) is 15.9 Å². The van der Waals surface area contributed by atoms with E-state index in [9.17, 15) is 18.0 Å². The van der Waals surface area contributed by atoms with Gasteiger partial charge in [0, 0.05) is 6.54 Å². The fraction of sp³-hybridized carbons (Fsp3) is 0.222. The van der Waals surface area contributed by atoms with Gasteiger partial charge < -0.3 is 11.1 Å². The van der Waals surface area contributed by atoms with Crippen molar-refractivity contribution in [2.24, 2.45) is 5.73 Å². The fourth-order valence-electron chi connectivity index (χ4n) is 2.35. The number of anilines is 1. The molecule has 0 saturated carbocycles. The number of nitrogens with one attached hydrogen (secondary N) is 2. The van der Waals surface area contributed by atoms with Gasteiger partial charge in [0.15, 0.2) is 0 Å². The lowest BCUT2D eigenvalue weighted by Gasteiger charge is -2.15. The molecule has 2 aromatic rings. The third-order valence-corrected chi connectivity index (χ3v) is 4.40. The summed E-state index contributed by atoms with van der Waals surface area (Å²) in [5.41, 5.74) is 7.01. The molecule has 0 bridgehead atoms. The van der Waals surface area contributed by atoms with Crippen molar-refractivity contribution in [3.05, 3.63) is 65.2 Å². The van der Waals surface area contributed by atoms with E-state index < -0.39 is 27.8 Å². The molecule has 2 aromatic carbocycles. The Labute approximate surface area is 152 Å². The highest BCUT2D eigenvalue weighted by Crippen LogP contribution is 2.23. The molecule has 0 aliphatic carbocycles. The van der Waals surface area contributed by atoms with Crippen LogP contribution in [0.5, 0.6) is 0 Å². The van der Waals surface area contributed by atoms with E-state index in [1.54, 1.807) is 13.0 Å². The molecule has 2 amide bonds. The van der Waals surface area contributed by atoms with Crippen LogP contribution in [0.15, 0.2) is 48.5 Å². The zero-order valence-corrected chi connectivity index (χ0v) is 15.3. The number of carbonyl (C=O) groups is 2. The smallest absolute Gasteiger partial charge is 0.253 e. The summed E-state index contributed by atoms with van der Waals surface area (Å²) in [5.74, 6) is -1.61. The van der Waals surface area contributed by atoms with Crippen molar-refractivity contribution in [2.45, 2.75) is 19.4 Å². The molecular weight excluding hydrogens is 354 g/mol. The number of nitrogens with two attached hydrogens (primary N) is 1. The standard InChI is InChI=1S/C18H21N3O4S/c1-12(17(19)22)14-8-9-16(21-26(2,24)25)15(10-14)18(23)20-11-13-6-4-3-5-7-13/h3-10,12,21H,11H2,1-2H3,(H2,19,22)(H,20,23). The summed E-state index contributed by atoms with van der Waals surface area (Å²) in [6.07, 6.45) is 0.999. The molecule has 26 heavy (non-hydrogen) atoms. The summed E-state index contributed by atoms with van der Waals surface area (Å²) in [7, 11) is -3.57. The number of primary amides is 1. The first kappa shape index (κ1) is 19.5. The molecule has 0 aliphatic heterocycles. The highest BCUT2D eigenvalue weighted by Gasteiger charge is 2.19. The van der Waals surface area contributed by atoms with Crippen molar-refractivity contribution >= 4 is 27.5 Å². The molecule has 4 N–H and O–H groups in total. The molecule has 138 valence electrons. The lowest BCUT2D eigenvalue weighted by molar-refractivity contribution is -0.119. The van der Waals surface area contributed by atoms with E-state index in [0.29, 0.717) is 5.56 Å². The van der Waals surface area contributed by atoms with E-state index in [2.05, 4.69) is 10.0 Å². The van der Waals surface area contributed by atoms with E-state index in [1.807, 2.05) is 30.3 Å². The molecule has 0 aliphatic rings. The molecular formula is C18H21N3O4S. The van der Waals surface area contributed by atoms with E-state index in [0.717, 1.165) is 11.8 Å². The van der Waals surface area contributed by atoms with E-state index >= 15 is 0 Å². The second-order valence-electron chi connectivity index (χ2n) is 5.97. The van der Waals surface area contributed by atoms with Gasteiger partial charge in [-0.05, 0) is 30.2 Å². The van der Waals surface area contributed by atoms with Crippen molar-refractivity contribution in [1.29, 1.82) is 0 Å². The Bertz CT molecular complexity index is 911. The molecule has 0 heterocycles. The van der Waals surface area contributed by atoms with Crippen molar-refractivity contribution in [2.75, 3.05) is 11.0 Å². The van der Waals surface area contributed by atoms with Gasteiger partial charge in [0.25, 0.3) is 5.91 Å². The van der Waals surface area contributed by atoms with Gasteiger partial charge in [-0.3, -0.25) is 14.3 Å². The first-order chi connectivity index (χ1) is 12.2. The summed E-state index contributed by atoms with van der Waals surface area (Å²) < 4.78 is 25.4. The van der Waals surface area contributed by atoms with Crippen molar-refractivity contribution in [3.8, 4) is 0 Å². The minimum atomic E-state index is -3.57. The van der Waals surface area contributed by atoms with Crippen LogP contribution in [0.1, 0.15) is 34.3 Å². The molecule has 0 radical (unpaired) electrons. The maximum Gasteiger partial charge on any atom is 0.253 e. The van der Waals surface area contributed by atoms with Crippen LogP contribution in [0.4, 0.5) is 5.69 Å². The zero-order chi connectivity index (χ0) is 19.3. The second-order valence-corrected chi connectivity index (χ2v) is 7.72.